The van der Waals surface area contributed by atoms with Gasteiger partial charge in [-0.25, -0.2) is 4.39 Å². The lowest BCUT2D eigenvalue weighted by Gasteiger charge is -2.18. The second-order valence-electron chi connectivity index (χ2n) is 5.72. The first-order chi connectivity index (χ1) is 8.90. The Labute approximate surface area is 113 Å². The van der Waals surface area contributed by atoms with Gasteiger partial charge in [-0.05, 0) is 37.3 Å². The first-order valence-electron chi connectivity index (χ1n) is 6.75. The lowest BCUT2D eigenvalue weighted by atomic mass is 9.95. The van der Waals surface area contributed by atoms with E-state index in [0.717, 1.165) is 19.5 Å². The third-order valence-electron chi connectivity index (χ3n) is 4.09. The second kappa shape index (κ2) is 5.19. The molecule has 1 saturated heterocycles. The average molecular weight is 264 g/mol. The predicted molar refractivity (Wildman–Crippen MR) is 74.4 cm³/mol. The Hall–Kier alpha value is -1.58. The Balaban J connectivity index is 2.17. The predicted octanol–water partition coefficient (Wildman–Crippen LogP) is 2.83. The smallest absolute Gasteiger partial charge is 0.254 e. The first kappa shape index (κ1) is 13.8. The topological polar surface area (TPSA) is 46.3 Å². The molecule has 1 fully saturated rings. The Morgan fingerprint density at radius 1 is 1.47 bits per heavy atom. The van der Waals surface area contributed by atoms with Crippen molar-refractivity contribution < 1.29 is 9.18 Å². The minimum absolute atomic E-state index is 0.117. The lowest BCUT2D eigenvalue weighted by molar-refractivity contribution is 0.0783. The summed E-state index contributed by atoms with van der Waals surface area (Å²) in [6.07, 6.45) is 1.02. The van der Waals surface area contributed by atoms with Crippen LogP contribution in [0.3, 0.4) is 0 Å². The number of rotatable bonds is 2. The summed E-state index contributed by atoms with van der Waals surface area (Å²) in [6.45, 7) is 7.46. The van der Waals surface area contributed by atoms with Gasteiger partial charge >= 0.3 is 0 Å². The van der Waals surface area contributed by atoms with E-state index in [4.69, 9.17) is 5.73 Å². The van der Waals surface area contributed by atoms with Crippen LogP contribution in [0.25, 0.3) is 0 Å². The molecule has 2 N–H and O–H groups in total. The Bertz CT molecular complexity index is 476. The van der Waals surface area contributed by atoms with E-state index in [9.17, 15) is 9.18 Å². The molecule has 0 spiro atoms. The maximum Gasteiger partial charge on any atom is 0.254 e. The van der Waals surface area contributed by atoms with Gasteiger partial charge in [-0.2, -0.15) is 0 Å². The number of hydrogen-bond acceptors (Lipinski definition) is 2. The largest absolute Gasteiger partial charge is 0.398 e. The van der Waals surface area contributed by atoms with Crippen LogP contribution in [0, 0.1) is 24.6 Å². The Kier molecular flexibility index (Phi) is 3.78. The molecule has 0 saturated carbocycles. The fraction of sp³-hybridized carbons (Fsp3) is 0.533. The molecule has 0 bridgehead atoms. The Morgan fingerprint density at radius 2 is 2.16 bits per heavy atom. The number of nitrogen functional groups attached to an aromatic ring is 1. The summed E-state index contributed by atoms with van der Waals surface area (Å²) in [5.74, 6) is 0.575. The maximum absolute atomic E-state index is 13.6. The van der Waals surface area contributed by atoms with E-state index in [1.165, 1.54) is 6.07 Å². The van der Waals surface area contributed by atoms with Crippen molar-refractivity contribution in [3.05, 3.63) is 29.1 Å². The molecule has 1 heterocycles. The van der Waals surface area contributed by atoms with Crippen LogP contribution in [0.15, 0.2) is 12.1 Å². The molecule has 1 unspecified atom stereocenters. The van der Waals surface area contributed by atoms with Crippen molar-refractivity contribution in [2.24, 2.45) is 11.8 Å². The fourth-order valence-corrected chi connectivity index (χ4v) is 2.52. The van der Waals surface area contributed by atoms with E-state index in [-0.39, 0.29) is 5.91 Å². The normalized spacial score (nSPS) is 19.2. The third kappa shape index (κ3) is 2.72. The van der Waals surface area contributed by atoms with E-state index in [1.54, 1.807) is 17.9 Å². The van der Waals surface area contributed by atoms with E-state index in [2.05, 4.69) is 13.8 Å². The van der Waals surface area contributed by atoms with Crippen molar-refractivity contribution in [2.45, 2.75) is 27.2 Å². The molecule has 1 aromatic rings. The van der Waals surface area contributed by atoms with Gasteiger partial charge in [0.05, 0.1) is 0 Å². The molecule has 0 aliphatic carbocycles. The van der Waals surface area contributed by atoms with Crippen molar-refractivity contribution in [3.8, 4) is 0 Å². The molecule has 1 aliphatic heterocycles. The number of likely N-dealkylation sites (tertiary alicyclic amines) is 1. The summed E-state index contributed by atoms with van der Waals surface area (Å²) >= 11 is 0. The molecule has 3 nitrogen and oxygen atoms in total. The molecular formula is C15H21FN2O. The minimum Gasteiger partial charge on any atom is -0.398 e. The first-order valence-corrected chi connectivity index (χ1v) is 6.75. The highest BCUT2D eigenvalue weighted by atomic mass is 19.1. The van der Waals surface area contributed by atoms with Gasteiger partial charge in [-0.1, -0.05) is 13.8 Å². The van der Waals surface area contributed by atoms with E-state index in [1.807, 2.05) is 0 Å². The van der Waals surface area contributed by atoms with Crippen molar-refractivity contribution in [3.63, 3.8) is 0 Å². The molecule has 1 amide bonds. The molecule has 1 aliphatic rings. The number of nitrogens with zero attached hydrogens (tertiary/aromatic N) is 1. The van der Waals surface area contributed by atoms with Crippen LogP contribution in [-0.4, -0.2) is 23.9 Å². The van der Waals surface area contributed by atoms with Crippen LogP contribution in [0.5, 0.6) is 0 Å². The number of halogens is 1. The van der Waals surface area contributed by atoms with Crippen molar-refractivity contribution in [2.75, 3.05) is 18.8 Å². The standard InChI is InChI=1S/C15H21FN2O/c1-9(2)11-4-5-18(8-11)15(19)12-6-13(16)10(3)14(17)7-12/h6-7,9,11H,4-5,8,17H2,1-3H3. The molecule has 1 atom stereocenters. The van der Waals surface area contributed by atoms with Gasteiger partial charge in [0.1, 0.15) is 5.82 Å². The fourth-order valence-electron chi connectivity index (χ4n) is 2.52. The Morgan fingerprint density at radius 3 is 2.68 bits per heavy atom. The average Bonchev–Trinajstić information content (AvgIpc) is 2.84. The summed E-state index contributed by atoms with van der Waals surface area (Å²) in [4.78, 5) is 14.1. The van der Waals surface area contributed by atoms with Gasteiger partial charge in [-0.15, -0.1) is 0 Å². The van der Waals surface area contributed by atoms with Gasteiger partial charge in [0.25, 0.3) is 5.91 Å². The van der Waals surface area contributed by atoms with Gasteiger partial charge in [-0.3, -0.25) is 4.79 Å². The SMILES string of the molecule is Cc1c(N)cc(C(=O)N2CCC(C(C)C)C2)cc1F. The molecule has 19 heavy (non-hydrogen) atoms. The zero-order valence-corrected chi connectivity index (χ0v) is 11.7. The highest BCUT2D eigenvalue weighted by molar-refractivity contribution is 5.95. The van der Waals surface area contributed by atoms with Crippen LogP contribution >= 0.6 is 0 Å². The van der Waals surface area contributed by atoms with Crippen LogP contribution in [-0.2, 0) is 0 Å². The number of amides is 1. The van der Waals surface area contributed by atoms with Crippen molar-refractivity contribution in [1.82, 2.24) is 4.90 Å². The zero-order valence-electron chi connectivity index (χ0n) is 11.7. The number of hydrogen-bond donors (Lipinski definition) is 1. The molecule has 1 aromatic carbocycles. The van der Waals surface area contributed by atoms with Crippen molar-refractivity contribution in [1.29, 1.82) is 0 Å². The second-order valence-corrected chi connectivity index (χ2v) is 5.72. The zero-order chi connectivity index (χ0) is 14.2. The summed E-state index contributed by atoms with van der Waals surface area (Å²) < 4.78 is 13.6. The summed E-state index contributed by atoms with van der Waals surface area (Å²) in [5, 5.41) is 0. The number of nitrogens with two attached hydrogens (primary N) is 1. The molecule has 4 heteroatoms. The van der Waals surface area contributed by atoms with Gasteiger partial charge in [0.2, 0.25) is 0 Å². The number of anilines is 1. The van der Waals surface area contributed by atoms with E-state index >= 15 is 0 Å². The number of carbonyl (C=O) groups is 1. The third-order valence-corrected chi connectivity index (χ3v) is 4.09. The van der Waals surface area contributed by atoms with Crippen LogP contribution in [0.4, 0.5) is 10.1 Å². The number of benzene rings is 1. The lowest BCUT2D eigenvalue weighted by Crippen LogP contribution is -2.29. The van der Waals surface area contributed by atoms with Gasteiger partial charge < -0.3 is 10.6 Å². The highest BCUT2D eigenvalue weighted by Crippen LogP contribution is 2.26. The van der Waals surface area contributed by atoms with Gasteiger partial charge in [0.15, 0.2) is 0 Å². The summed E-state index contributed by atoms with van der Waals surface area (Å²) in [6, 6.07) is 2.86. The van der Waals surface area contributed by atoms with Crippen LogP contribution in [0.2, 0.25) is 0 Å². The monoisotopic (exact) mass is 264 g/mol. The van der Waals surface area contributed by atoms with E-state index in [0.29, 0.717) is 28.7 Å². The molecule has 104 valence electrons. The van der Waals surface area contributed by atoms with Gasteiger partial charge in [0, 0.05) is 29.9 Å². The molecule has 0 radical (unpaired) electrons. The quantitative estimate of drug-likeness (QED) is 0.835. The molecule has 0 aromatic heterocycles. The maximum atomic E-state index is 13.6. The highest BCUT2D eigenvalue weighted by Gasteiger charge is 2.29. The van der Waals surface area contributed by atoms with Crippen LogP contribution in [0.1, 0.15) is 36.2 Å². The number of carbonyl (C=O) groups excluding carboxylic acids is 1. The summed E-state index contributed by atoms with van der Waals surface area (Å²) in [7, 11) is 0. The van der Waals surface area contributed by atoms with Crippen molar-refractivity contribution >= 4 is 11.6 Å². The molecule has 2 rings (SSSR count). The summed E-state index contributed by atoms with van der Waals surface area (Å²) in [5.41, 5.74) is 6.81. The van der Waals surface area contributed by atoms with Crippen LogP contribution < -0.4 is 5.73 Å². The molecular weight excluding hydrogens is 243 g/mol. The minimum atomic E-state index is -0.414. The van der Waals surface area contributed by atoms with E-state index < -0.39 is 5.82 Å².